The first-order chi connectivity index (χ1) is 4.36. The quantitative estimate of drug-likeness (QED) is 0.530. The third kappa shape index (κ3) is 1.70. The van der Waals surface area contributed by atoms with Crippen molar-refractivity contribution < 1.29 is 0 Å². The zero-order valence-electron chi connectivity index (χ0n) is 6.54. The average Bonchev–Trinajstić information content (AvgIpc) is 2.34. The molecule has 0 unspecified atom stereocenters. The molecule has 52 valence electrons. The average molecular weight is 124 g/mol. The highest BCUT2D eigenvalue weighted by molar-refractivity contribution is 5.10. The Balaban J connectivity index is 2.20. The predicted molar refractivity (Wildman–Crippen MR) is 40.9 cm³/mol. The normalized spacial score (nSPS) is 23.3. The Morgan fingerprint density at radius 3 is 1.67 bits per heavy atom. The van der Waals surface area contributed by atoms with Gasteiger partial charge in [-0.3, -0.25) is 0 Å². The monoisotopic (exact) mass is 124 g/mol. The molecule has 1 saturated carbocycles. The van der Waals surface area contributed by atoms with Crippen molar-refractivity contribution in [3.63, 3.8) is 0 Å². The fourth-order valence-corrected chi connectivity index (χ4v) is 1.49. The van der Waals surface area contributed by atoms with Crippen LogP contribution in [0.25, 0.3) is 0 Å². The van der Waals surface area contributed by atoms with E-state index < -0.39 is 0 Å². The summed E-state index contributed by atoms with van der Waals surface area (Å²) in [7, 11) is 0. The van der Waals surface area contributed by atoms with Gasteiger partial charge in [0.05, 0.1) is 0 Å². The highest BCUT2D eigenvalue weighted by Crippen LogP contribution is 2.37. The third-order valence-corrected chi connectivity index (χ3v) is 2.33. The number of rotatable bonds is 2. The van der Waals surface area contributed by atoms with Crippen molar-refractivity contribution in [3.8, 4) is 0 Å². The Morgan fingerprint density at radius 1 is 1.00 bits per heavy atom. The molecule has 0 saturated heterocycles. The maximum Gasteiger partial charge on any atom is -0.0238 e. The lowest BCUT2D eigenvalue weighted by Crippen LogP contribution is -1.88. The zero-order valence-corrected chi connectivity index (χ0v) is 6.54. The topological polar surface area (TPSA) is 0 Å². The molecule has 1 fully saturated rings. The lowest BCUT2D eigenvalue weighted by molar-refractivity contribution is 0.802. The summed E-state index contributed by atoms with van der Waals surface area (Å²) in [5, 5.41) is 0. The molecule has 1 aliphatic rings. The predicted octanol–water partition coefficient (Wildman–Crippen LogP) is 3.14. The van der Waals surface area contributed by atoms with Crippen LogP contribution in [0, 0.1) is 11.8 Å². The second kappa shape index (κ2) is 3.24. The van der Waals surface area contributed by atoms with Gasteiger partial charge in [-0.05, 0) is 43.9 Å². The first-order valence-corrected chi connectivity index (χ1v) is 4.04. The van der Waals surface area contributed by atoms with Gasteiger partial charge >= 0.3 is 0 Å². The molecule has 0 spiro atoms. The Morgan fingerprint density at radius 2 is 1.44 bits per heavy atom. The second-order valence-corrected chi connectivity index (χ2v) is 2.88. The lowest BCUT2D eigenvalue weighted by Gasteiger charge is -2.04. The van der Waals surface area contributed by atoms with Crippen LogP contribution >= 0.6 is 0 Å². The molecular weight excluding hydrogens is 108 g/mol. The summed E-state index contributed by atoms with van der Waals surface area (Å²) in [5.74, 6) is 3.54. The Bertz CT molecular complexity index is 66.1. The van der Waals surface area contributed by atoms with Gasteiger partial charge in [-0.2, -0.15) is 0 Å². The summed E-state index contributed by atoms with van der Waals surface area (Å²) >= 11 is 0. The van der Waals surface area contributed by atoms with Crippen LogP contribution in [0.4, 0.5) is 0 Å². The van der Waals surface area contributed by atoms with Gasteiger partial charge in [0.15, 0.2) is 0 Å². The molecule has 0 amide bonds. The van der Waals surface area contributed by atoms with Crippen molar-refractivity contribution in [1.82, 2.24) is 0 Å². The van der Waals surface area contributed by atoms with E-state index in [9.17, 15) is 0 Å². The molecule has 1 aliphatic carbocycles. The van der Waals surface area contributed by atoms with Crippen LogP contribution in [0.2, 0.25) is 0 Å². The molecule has 0 aromatic rings. The van der Waals surface area contributed by atoms with E-state index in [1.54, 1.807) is 11.8 Å². The summed E-state index contributed by atoms with van der Waals surface area (Å²) < 4.78 is 0. The standard InChI is InChI=1S/C9H16/c1-3-8-5-6-9(4-2)7-8/h3-7H2,1-2H3. The highest BCUT2D eigenvalue weighted by atomic mass is 14.3. The highest BCUT2D eigenvalue weighted by Gasteiger charge is 2.21. The molecule has 9 heavy (non-hydrogen) atoms. The molecule has 0 aromatic carbocycles. The van der Waals surface area contributed by atoms with Crippen molar-refractivity contribution in [2.24, 2.45) is 0 Å². The molecule has 0 aliphatic heterocycles. The second-order valence-electron chi connectivity index (χ2n) is 2.88. The molecule has 0 aromatic heterocycles. The van der Waals surface area contributed by atoms with E-state index in [2.05, 4.69) is 13.8 Å². The number of hydrogen-bond donors (Lipinski definition) is 0. The lowest BCUT2D eigenvalue weighted by atomic mass is 10.0. The Labute approximate surface area is 58.7 Å². The van der Waals surface area contributed by atoms with Gasteiger partial charge in [-0.15, -0.1) is 0 Å². The molecule has 0 nitrogen and oxygen atoms in total. The summed E-state index contributed by atoms with van der Waals surface area (Å²) in [6.07, 6.45) is 6.75. The SMILES string of the molecule is CC[C]1CC[C](CC)C1. The smallest absolute Gasteiger partial charge is 0.0238 e. The fraction of sp³-hybridized carbons (Fsp3) is 0.778. The van der Waals surface area contributed by atoms with E-state index in [-0.39, 0.29) is 0 Å². The van der Waals surface area contributed by atoms with Gasteiger partial charge in [0.1, 0.15) is 0 Å². The van der Waals surface area contributed by atoms with Gasteiger partial charge in [-0.1, -0.05) is 13.8 Å². The van der Waals surface area contributed by atoms with Gasteiger partial charge in [-0.25, -0.2) is 0 Å². The first kappa shape index (κ1) is 7.11. The van der Waals surface area contributed by atoms with Crippen molar-refractivity contribution in [1.29, 1.82) is 0 Å². The minimum absolute atomic E-state index is 1.31. The van der Waals surface area contributed by atoms with Crippen LogP contribution < -0.4 is 0 Å². The van der Waals surface area contributed by atoms with Gasteiger partial charge < -0.3 is 0 Å². The van der Waals surface area contributed by atoms with Crippen LogP contribution in [0.5, 0.6) is 0 Å². The summed E-state index contributed by atoms with van der Waals surface area (Å²) in [4.78, 5) is 0. The van der Waals surface area contributed by atoms with E-state index in [1.165, 1.54) is 32.1 Å². The molecule has 0 N–H and O–H groups in total. The first-order valence-electron chi connectivity index (χ1n) is 4.04. The number of hydrogen-bond acceptors (Lipinski definition) is 0. The van der Waals surface area contributed by atoms with Crippen LogP contribution in [0.15, 0.2) is 0 Å². The van der Waals surface area contributed by atoms with Crippen LogP contribution in [-0.4, -0.2) is 0 Å². The van der Waals surface area contributed by atoms with Crippen molar-refractivity contribution in [2.45, 2.75) is 46.0 Å². The summed E-state index contributed by atoms with van der Waals surface area (Å²) in [5.41, 5.74) is 0. The van der Waals surface area contributed by atoms with Gasteiger partial charge in [0.2, 0.25) is 0 Å². The summed E-state index contributed by atoms with van der Waals surface area (Å²) in [6.45, 7) is 4.54. The molecule has 0 heterocycles. The maximum absolute atomic E-state index is 2.27. The molecule has 1 rings (SSSR count). The maximum atomic E-state index is 2.27. The van der Waals surface area contributed by atoms with E-state index in [0.29, 0.717) is 0 Å². The van der Waals surface area contributed by atoms with Crippen LogP contribution in [0.1, 0.15) is 46.0 Å². The van der Waals surface area contributed by atoms with Crippen molar-refractivity contribution in [2.75, 3.05) is 0 Å². The van der Waals surface area contributed by atoms with Crippen LogP contribution in [0.3, 0.4) is 0 Å². The van der Waals surface area contributed by atoms with E-state index in [4.69, 9.17) is 0 Å². The Kier molecular flexibility index (Phi) is 2.56. The molecule has 0 heteroatoms. The largest absolute Gasteiger partial charge is 0.0648 e. The summed E-state index contributed by atoms with van der Waals surface area (Å²) in [6, 6.07) is 0. The molecule has 0 atom stereocenters. The minimum Gasteiger partial charge on any atom is -0.0648 e. The molecule has 0 bridgehead atoms. The van der Waals surface area contributed by atoms with E-state index >= 15 is 0 Å². The van der Waals surface area contributed by atoms with Crippen molar-refractivity contribution >= 4 is 0 Å². The zero-order chi connectivity index (χ0) is 6.69. The van der Waals surface area contributed by atoms with Gasteiger partial charge in [0, 0.05) is 0 Å². The van der Waals surface area contributed by atoms with E-state index in [1.807, 2.05) is 0 Å². The van der Waals surface area contributed by atoms with Gasteiger partial charge in [0.25, 0.3) is 0 Å². The fourth-order valence-electron chi connectivity index (χ4n) is 1.49. The van der Waals surface area contributed by atoms with Crippen molar-refractivity contribution in [3.05, 3.63) is 11.8 Å². The van der Waals surface area contributed by atoms with Crippen LogP contribution in [-0.2, 0) is 0 Å². The molecular formula is C9H16. The molecule has 2 radical (unpaired) electrons. The Hall–Kier alpha value is 0. The third-order valence-electron chi connectivity index (χ3n) is 2.33. The minimum atomic E-state index is 1.31. The van der Waals surface area contributed by atoms with E-state index in [0.717, 1.165) is 0 Å².